The highest BCUT2D eigenvalue weighted by Gasteiger charge is 2.30. The van der Waals surface area contributed by atoms with Crippen LogP contribution in [0.25, 0.3) is 0 Å². The summed E-state index contributed by atoms with van der Waals surface area (Å²) in [6, 6.07) is 0.242. The zero-order valence-corrected chi connectivity index (χ0v) is 20.7. The first kappa shape index (κ1) is 25.0. The van der Waals surface area contributed by atoms with Crippen LogP contribution in [0.5, 0.6) is 6.01 Å². The van der Waals surface area contributed by atoms with Crippen LogP contribution in [-0.2, 0) is 14.3 Å². The number of hydrogen-bond donors (Lipinski definition) is 2. The number of aromatic nitrogens is 2. The number of unbranched alkanes of at least 4 members (excludes halogenated alkanes) is 1. The van der Waals surface area contributed by atoms with E-state index in [1.807, 2.05) is 4.90 Å². The lowest BCUT2D eigenvalue weighted by atomic mass is 9.93. The molecule has 10 heteroatoms. The second kappa shape index (κ2) is 11.5. The van der Waals surface area contributed by atoms with Crippen LogP contribution < -0.4 is 20.7 Å². The molecule has 3 N–H and O–H groups in total. The van der Waals surface area contributed by atoms with E-state index in [0.717, 1.165) is 51.7 Å². The smallest absolute Gasteiger partial charge is 0.320 e. The molecule has 3 aliphatic rings. The van der Waals surface area contributed by atoms with Gasteiger partial charge in [0.1, 0.15) is 5.69 Å². The minimum Gasteiger partial charge on any atom is -0.469 e. The Hall–Kier alpha value is -3.14. The van der Waals surface area contributed by atoms with Crippen LogP contribution >= 0.6 is 0 Å². The van der Waals surface area contributed by atoms with E-state index in [9.17, 15) is 9.59 Å². The molecule has 0 saturated carbocycles. The van der Waals surface area contributed by atoms with Crippen LogP contribution in [0.4, 0.5) is 17.3 Å². The Bertz CT molecular complexity index is 986. The Morgan fingerprint density at radius 3 is 2.83 bits per heavy atom. The summed E-state index contributed by atoms with van der Waals surface area (Å²) >= 11 is 0. The van der Waals surface area contributed by atoms with E-state index in [1.165, 1.54) is 12.7 Å². The Kier molecular flexibility index (Phi) is 8.22. The second-order valence-corrected chi connectivity index (χ2v) is 9.43. The van der Waals surface area contributed by atoms with E-state index in [0.29, 0.717) is 24.7 Å². The van der Waals surface area contributed by atoms with Gasteiger partial charge in [-0.15, -0.1) is 0 Å². The largest absolute Gasteiger partial charge is 0.469 e. The minimum atomic E-state index is -0.128. The summed E-state index contributed by atoms with van der Waals surface area (Å²) in [5, 5.41) is 2.81. The van der Waals surface area contributed by atoms with Gasteiger partial charge in [0.05, 0.1) is 26.2 Å². The summed E-state index contributed by atoms with van der Waals surface area (Å²) in [7, 11) is 1.46. The van der Waals surface area contributed by atoms with Crippen molar-refractivity contribution in [2.75, 3.05) is 62.4 Å². The van der Waals surface area contributed by atoms with Gasteiger partial charge in [0, 0.05) is 13.1 Å². The van der Waals surface area contributed by atoms with Gasteiger partial charge in [0.25, 0.3) is 0 Å². The molecule has 0 spiro atoms. The molecule has 1 aromatic rings. The van der Waals surface area contributed by atoms with Crippen molar-refractivity contribution in [3.05, 3.63) is 23.8 Å². The molecule has 0 radical (unpaired) electrons. The van der Waals surface area contributed by atoms with E-state index < -0.39 is 0 Å². The lowest BCUT2D eigenvalue weighted by molar-refractivity contribution is -0.147. The van der Waals surface area contributed by atoms with E-state index >= 15 is 0 Å². The summed E-state index contributed by atoms with van der Waals surface area (Å²) in [6.45, 7) is 6.08. The van der Waals surface area contributed by atoms with Crippen LogP contribution in [0.3, 0.4) is 0 Å². The van der Waals surface area contributed by atoms with Gasteiger partial charge >= 0.3 is 12.0 Å². The molecule has 1 aromatic heterocycles. The van der Waals surface area contributed by atoms with Gasteiger partial charge in [-0.05, 0) is 50.3 Å². The quantitative estimate of drug-likeness (QED) is 0.402. The first-order valence-electron chi connectivity index (χ1n) is 12.5. The molecule has 1 aliphatic carbocycles. The number of ether oxygens (including phenoxy) is 2. The molecule has 0 bridgehead atoms. The molecule has 3 heterocycles. The van der Waals surface area contributed by atoms with Crippen molar-refractivity contribution in [1.29, 1.82) is 0 Å². The Balaban J connectivity index is 1.41. The van der Waals surface area contributed by atoms with Gasteiger partial charge in [-0.3, -0.25) is 14.5 Å². The molecular formula is C25H36N6O4. The average Bonchev–Trinajstić information content (AvgIpc) is 2.85. The molecule has 1 fully saturated rings. The number of carbonyl (C=O) groups excluding carboxylic acids is 2. The summed E-state index contributed by atoms with van der Waals surface area (Å²) in [6.07, 6.45) is 11.1. The normalized spacial score (nSPS) is 20.7. The Labute approximate surface area is 206 Å². The molecule has 1 unspecified atom stereocenters. The van der Waals surface area contributed by atoms with Crippen LogP contribution in [0.2, 0.25) is 0 Å². The monoisotopic (exact) mass is 484 g/mol. The maximum Gasteiger partial charge on any atom is 0.320 e. The second-order valence-electron chi connectivity index (χ2n) is 9.43. The predicted molar refractivity (Wildman–Crippen MR) is 134 cm³/mol. The van der Waals surface area contributed by atoms with Gasteiger partial charge in [0.15, 0.2) is 11.6 Å². The maximum absolute atomic E-state index is 12.4. The molecule has 1 atom stereocenters. The van der Waals surface area contributed by atoms with E-state index in [-0.39, 0.29) is 42.1 Å². The van der Waals surface area contributed by atoms with Gasteiger partial charge in [-0.25, -0.2) is 0 Å². The number of fused-ring (bicyclic) bond motifs is 1. The number of nitrogens with one attached hydrogen (secondary N) is 1. The zero-order valence-electron chi connectivity index (χ0n) is 20.7. The first-order chi connectivity index (χ1) is 17.0. The lowest BCUT2D eigenvalue weighted by Gasteiger charge is -2.34. The number of likely N-dealkylation sites (tertiary alicyclic amines) is 1. The number of carbonyl (C=O) groups is 2. The summed E-state index contributed by atoms with van der Waals surface area (Å²) in [5.41, 5.74) is 7.84. The van der Waals surface area contributed by atoms with Crippen molar-refractivity contribution in [3.63, 3.8) is 0 Å². The fourth-order valence-electron chi connectivity index (χ4n) is 4.83. The van der Waals surface area contributed by atoms with E-state index in [2.05, 4.69) is 45.3 Å². The third kappa shape index (κ3) is 6.30. The number of nitrogen functional groups attached to an aromatic ring is 1. The topological polar surface area (TPSA) is 123 Å². The highest BCUT2D eigenvalue weighted by Crippen LogP contribution is 2.34. The average molecular weight is 485 g/mol. The molecule has 2 aliphatic heterocycles. The number of nitrogens with zero attached hydrogens (tertiary/aromatic N) is 4. The predicted octanol–water partition coefficient (Wildman–Crippen LogP) is 2.38. The molecule has 0 aromatic carbocycles. The Morgan fingerprint density at radius 1 is 1.29 bits per heavy atom. The molecule has 1 amide bonds. The van der Waals surface area contributed by atoms with Gasteiger partial charge in [-0.2, -0.15) is 9.97 Å². The van der Waals surface area contributed by atoms with E-state index in [1.54, 1.807) is 0 Å². The fourth-order valence-corrected chi connectivity index (χ4v) is 4.83. The highest BCUT2D eigenvalue weighted by molar-refractivity contribution is 6.03. The number of anilines is 3. The summed E-state index contributed by atoms with van der Waals surface area (Å²) in [4.78, 5) is 37.3. The number of amides is 1. The third-order valence-electron chi connectivity index (χ3n) is 6.73. The molecule has 4 rings (SSSR count). The van der Waals surface area contributed by atoms with Crippen molar-refractivity contribution < 1.29 is 19.1 Å². The van der Waals surface area contributed by atoms with Crippen molar-refractivity contribution in [1.82, 2.24) is 14.9 Å². The Morgan fingerprint density at radius 2 is 2.09 bits per heavy atom. The van der Waals surface area contributed by atoms with Crippen molar-refractivity contribution in [3.8, 4) is 6.01 Å². The number of piperidine rings is 1. The van der Waals surface area contributed by atoms with Crippen molar-refractivity contribution in [2.45, 2.75) is 39.0 Å². The first-order valence-corrected chi connectivity index (χ1v) is 12.5. The third-order valence-corrected chi connectivity index (χ3v) is 6.73. The number of esters is 1. The number of methoxy groups -OCH3 is 1. The van der Waals surface area contributed by atoms with Crippen LogP contribution in [-0.4, -0.2) is 73.2 Å². The van der Waals surface area contributed by atoms with E-state index in [4.69, 9.17) is 15.2 Å². The SMILES string of the molecule is CCCCOc1nc(N)c2c(n1)N(CC1C=C(CN3CCC(C(=O)OC)CC3)C=CC1)CC(=O)N2. The number of allylic oxidation sites excluding steroid dienone is 1. The molecule has 35 heavy (non-hydrogen) atoms. The number of nitrogens with two attached hydrogens (primary N) is 1. The number of rotatable bonds is 9. The van der Waals surface area contributed by atoms with Crippen LogP contribution in [0, 0.1) is 11.8 Å². The zero-order chi connectivity index (χ0) is 24.8. The van der Waals surface area contributed by atoms with Crippen LogP contribution in [0.1, 0.15) is 39.0 Å². The van der Waals surface area contributed by atoms with Crippen molar-refractivity contribution in [2.24, 2.45) is 11.8 Å². The van der Waals surface area contributed by atoms with Gasteiger partial charge in [-0.1, -0.05) is 31.6 Å². The molecule has 1 saturated heterocycles. The highest BCUT2D eigenvalue weighted by atomic mass is 16.5. The molecule has 190 valence electrons. The van der Waals surface area contributed by atoms with Crippen LogP contribution in [0.15, 0.2) is 23.8 Å². The van der Waals surface area contributed by atoms with Gasteiger partial charge < -0.3 is 25.4 Å². The fraction of sp³-hybridized carbons (Fsp3) is 0.600. The maximum atomic E-state index is 12.4. The minimum absolute atomic E-state index is 0.00969. The summed E-state index contributed by atoms with van der Waals surface area (Å²) < 4.78 is 10.6. The molecule has 10 nitrogen and oxygen atoms in total. The van der Waals surface area contributed by atoms with Gasteiger partial charge in [0.2, 0.25) is 5.91 Å². The number of hydrogen-bond acceptors (Lipinski definition) is 9. The lowest BCUT2D eigenvalue weighted by Crippen LogP contribution is -2.42. The molecular weight excluding hydrogens is 448 g/mol. The standard InChI is InChI=1S/C25H36N6O4/c1-3-4-12-35-25-28-22(26)21-23(29-25)31(16-20(32)27-21)15-18-7-5-6-17(13-18)14-30-10-8-19(9-11-30)24(33)34-2/h5-6,13,18-19H,3-4,7-12,14-16H2,1-2H3,(H,27,32)(H2,26,28,29). The van der Waals surface area contributed by atoms with Crippen molar-refractivity contribution >= 4 is 29.2 Å². The summed E-state index contributed by atoms with van der Waals surface area (Å²) in [5.74, 6) is 0.845.